The van der Waals surface area contributed by atoms with Gasteiger partial charge in [-0.2, -0.15) is 0 Å². The zero-order valence-corrected chi connectivity index (χ0v) is 21.3. The number of rotatable bonds is 6. The summed E-state index contributed by atoms with van der Waals surface area (Å²) in [6, 6.07) is 3.24. The number of carboxylic acids is 1. The predicted octanol–water partition coefficient (Wildman–Crippen LogP) is 3.13. The maximum absolute atomic E-state index is 12.1. The molecule has 4 aliphatic rings. The lowest BCUT2D eigenvalue weighted by Gasteiger charge is -2.65. The summed E-state index contributed by atoms with van der Waals surface area (Å²) in [7, 11) is 3.98. The summed E-state index contributed by atoms with van der Waals surface area (Å²) < 4.78 is 13.0. The molecule has 1 saturated carbocycles. The first-order chi connectivity index (χ1) is 14.8. The zero-order valence-electron chi connectivity index (χ0n) is 19.7. The number of phenols is 1. The highest BCUT2D eigenvalue weighted by molar-refractivity contribution is 5.85. The number of likely N-dealkylation sites (tertiary alicyclic amines) is 1. The van der Waals surface area contributed by atoms with E-state index in [2.05, 4.69) is 17.3 Å². The summed E-state index contributed by atoms with van der Waals surface area (Å²) in [5, 5.41) is 24.1. The smallest absolute Gasteiger partial charge is 0.320 e. The van der Waals surface area contributed by atoms with Gasteiger partial charge >= 0.3 is 5.97 Å². The number of halogens is 2. The molecule has 7 nitrogen and oxygen atoms in total. The van der Waals surface area contributed by atoms with Crippen LogP contribution in [0, 0.1) is 5.92 Å². The Labute approximate surface area is 208 Å². The SMILES string of the molecule is CC[C@H](C)[C@H](N[C@@H]1CC[C@@]2(OC)[C@H]3Cc4ccc(O)c5c4[C@@]2(CCN3C)[C@H]1O5)C(=O)O.Cl.Cl. The Morgan fingerprint density at radius 1 is 1.36 bits per heavy atom. The van der Waals surface area contributed by atoms with Gasteiger partial charge < -0.3 is 24.6 Å². The van der Waals surface area contributed by atoms with Crippen molar-refractivity contribution < 1.29 is 24.5 Å². The number of methoxy groups -OCH3 is 1. The molecule has 1 saturated heterocycles. The Morgan fingerprint density at radius 2 is 2.09 bits per heavy atom. The molecule has 3 N–H and O–H groups in total. The molecular formula is C24H36Cl2N2O5. The largest absolute Gasteiger partial charge is 0.504 e. The fraction of sp³-hybridized carbons (Fsp3) is 0.708. The molecule has 2 fully saturated rings. The topological polar surface area (TPSA) is 91.3 Å². The number of nitrogens with one attached hydrogen (secondary N) is 1. The van der Waals surface area contributed by atoms with E-state index >= 15 is 0 Å². The number of hydrogen-bond donors (Lipinski definition) is 3. The van der Waals surface area contributed by atoms with Crippen LogP contribution in [0.1, 0.15) is 50.7 Å². The minimum atomic E-state index is -0.820. The molecule has 0 unspecified atom stereocenters. The summed E-state index contributed by atoms with van der Waals surface area (Å²) >= 11 is 0. The van der Waals surface area contributed by atoms with Gasteiger partial charge in [-0.05, 0) is 56.8 Å². The van der Waals surface area contributed by atoms with E-state index < -0.39 is 23.0 Å². The molecule has 5 rings (SSSR count). The molecular weight excluding hydrogens is 467 g/mol. The second-order valence-electron chi connectivity index (χ2n) is 10.0. The van der Waals surface area contributed by atoms with Gasteiger partial charge in [-0.1, -0.05) is 26.3 Å². The summed E-state index contributed by atoms with van der Waals surface area (Å²) in [6.07, 6.45) is 3.85. The molecule has 0 radical (unpaired) electrons. The molecule has 2 aliphatic heterocycles. The molecule has 2 heterocycles. The maximum atomic E-state index is 12.1. The Morgan fingerprint density at radius 3 is 2.73 bits per heavy atom. The van der Waals surface area contributed by atoms with Gasteiger partial charge in [-0.3, -0.25) is 10.1 Å². The fourth-order valence-electron chi connectivity index (χ4n) is 7.26. The second-order valence-corrected chi connectivity index (χ2v) is 10.0. The number of carboxylic acid groups (broad SMARTS) is 1. The maximum Gasteiger partial charge on any atom is 0.320 e. The van der Waals surface area contributed by atoms with E-state index in [4.69, 9.17) is 9.47 Å². The van der Waals surface area contributed by atoms with Crippen LogP contribution in [0.4, 0.5) is 0 Å². The van der Waals surface area contributed by atoms with Gasteiger partial charge in [0, 0.05) is 24.8 Å². The molecule has 186 valence electrons. The van der Waals surface area contributed by atoms with Crippen LogP contribution in [-0.4, -0.2) is 71.6 Å². The van der Waals surface area contributed by atoms with E-state index in [1.165, 1.54) is 5.56 Å². The Balaban J connectivity index is 0.00000153. The van der Waals surface area contributed by atoms with E-state index in [0.717, 1.165) is 44.2 Å². The number of benzene rings is 1. The van der Waals surface area contributed by atoms with Crippen LogP contribution in [0.15, 0.2) is 12.1 Å². The molecule has 2 aliphatic carbocycles. The quantitative estimate of drug-likeness (QED) is 0.550. The number of nitrogens with zero attached hydrogens (tertiary/aromatic N) is 1. The Kier molecular flexibility index (Phi) is 7.25. The number of aromatic hydroxyl groups is 1. The van der Waals surface area contributed by atoms with Gasteiger partial charge in [0.2, 0.25) is 0 Å². The van der Waals surface area contributed by atoms with Gasteiger partial charge in [0.1, 0.15) is 12.1 Å². The van der Waals surface area contributed by atoms with Crippen LogP contribution in [-0.2, 0) is 21.4 Å². The number of carbonyl (C=O) groups is 1. The Bertz CT molecular complexity index is 917. The molecule has 0 amide bonds. The number of aliphatic carboxylic acids is 1. The lowest BCUT2D eigenvalue weighted by molar-refractivity contribution is -0.204. The van der Waals surface area contributed by atoms with Crippen LogP contribution >= 0.6 is 24.8 Å². The van der Waals surface area contributed by atoms with Gasteiger partial charge in [0.25, 0.3) is 0 Å². The molecule has 7 atom stereocenters. The minimum absolute atomic E-state index is 0. The summed E-state index contributed by atoms with van der Waals surface area (Å²) in [6.45, 7) is 4.92. The number of ether oxygens (including phenoxy) is 2. The third-order valence-corrected chi connectivity index (χ3v) is 8.93. The van der Waals surface area contributed by atoms with Crippen LogP contribution < -0.4 is 10.1 Å². The van der Waals surface area contributed by atoms with E-state index in [9.17, 15) is 15.0 Å². The molecule has 9 heteroatoms. The van der Waals surface area contributed by atoms with Crippen molar-refractivity contribution in [3.05, 3.63) is 23.3 Å². The lowest BCUT2D eigenvalue weighted by atomic mass is 9.48. The van der Waals surface area contributed by atoms with Crippen molar-refractivity contribution in [1.29, 1.82) is 0 Å². The van der Waals surface area contributed by atoms with Gasteiger partial charge in [0.15, 0.2) is 11.5 Å². The summed E-state index contributed by atoms with van der Waals surface area (Å²) in [4.78, 5) is 14.5. The first-order valence-electron chi connectivity index (χ1n) is 11.6. The number of piperidine rings is 1. The fourth-order valence-corrected chi connectivity index (χ4v) is 7.26. The van der Waals surface area contributed by atoms with E-state index in [0.29, 0.717) is 5.75 Å². The first kappa shape index (κ1) is 26.4. The lowest BCUT2D eigenvalue weighted by Crippen LogP contribution is -2.78. The monoisotopic (exact) mass is 502 g/mol. The molecule has 1 spiro atoms. The van der Waals surface area contributed by atoms with Crippen molar-refractivity contribution in [1.82, 2.24) is 10.2 Å². The van der Waals surface area contributed by atoms with Crippen molar-refractivity contribution in [2.75, 3.05) is 20.7 Å². The van der Waals surface area contributed by atoms with Crippen molar-refractivity contribution in [2.45, 2.75) is 81.2 Å². The average Bonchev–Trinajstić information content (AvgIpc) is 3.12. The zero-order chi connectivity index (χ0) is 22.1. The first-order valence-corrected chi connectivity index (χ1v) is 11.6. The third-order valence-electron chi connectivity index (χ3n) is 8.93. The van der Waals surface area contributed by atoms with Crippen LogP contribution in [0.3, 0.4) is 0 Å². The van der Waals surface area contributed by atoms with Crippen molar-refractivity contribution in [2.24, 2.45) is 5.92 Å². The van der Waals surface area contributed by atoms with Crippen molar-refractivity contribution >= 4 is 30.8 Å². The van der Waals surface area contributed by atoms with Gasteiger partial charge in [-0.25, -0.2) is 0 Å². The van der Waals surface area contributed by atoms with Gasteiger partial charge in [0.05, 0.1) is 11.0 Å². The third kappa shape index (κ3) is 3.30. The molecule has 0 aromatic heterocycles. The van der Waals surface area contributed by atoms with Gasteiger partial charge in [-0.15, -0.1) is 24.8 Å². The molecule has 2 bridgehead atoms. The highest BCUT2D eigenvalue weighted by atomic mass is 35.5. The van der Waals surface area contributed by atoms with Crippen LogP contribution in [0.25, 0.3) is 0 Å². The molecule has 33 heavy (non-hydrogen) atoms. The normalized spacial score (nSPS) is 35.3. The predicted molar refractivity (Wildman–Crippen MR) is 130 cm³/mol. The standard InChI is InChI=1S/C24H34N2O5.2ClH/c1-5-13(2)19(22(28)29)25-15-8-9-24(30-4)17-12-14-6-7-16(27)20-18(14)23(24,21(15)31-20)10-11-26(17)3;;/h6-7,13,15,17,19,21,25,27H,5,8-12H2,1-4H3,(H,28,29);2*1H/t13-,15+,17+,19-,21-,23-,24+;;/m0../s1. The second kappa shape index (κ2) is 9.08. The van der Waals surface area contributed by atoms with Crippen LogP contribution in [0.5, 0.6) is 11.5 Å². The minimum Gasteiger partial charge on any atom is -0.504 e. The number of hydrogen-bond acceptors (Lipinski definition) is 6. The molecule has 1 aromatic carbocycles. The van der Waals surface area contributed by atoms with E-state index in [1.54, 1.807) is 6.07 Å². The number of likely N-dealkylation sites (N-methyl/N-ethyl adjacent to an activating group) is 1. The summed E-state index contributed by atoms with van der Waals surface area (Å²) in [5.41, 5.74) is 1.52. The van der Waals surface area contributed by atoms with Crippen molar-refractivity contribution in [3.63, 3.8) is 0 Å². The van der Waals surface area contributed by atoms with E-state index in [1.807, 2.05) is 27.0 Å². The van der Waals surface area contributed by atoms with Crippen molar-refractivity contribution in [3.8, 4) is 11.5 Å². The molecule has 1 aromatic rings. The Hall–Kier alpha value is -1.25. The highest BCUT2D eigenvalue weighted by Gasteiger charge is 2.73. The summed E-state index contributed by atoms with van der Waals surface area (Å²) in [5.74, 6) is -0.0655. The average molecular weight is 503 g/mol. The highest BCUT2D eigenvalue weighted by Crippen LogP contribution is 2.66. The number of phenolic OH excluding ortho intramolecular Hbond substituents is 1. The van der Waals surface area contributed by atoms with Crippen LogP contribution in [0.2, 0.25) is 0 Å². The van der Waals surface area contributed by atoms with E-state index in [-0.39, 0.29) is 54.7 Å².